The van der Waals surface area contributed by atoms with Crippen LogP contribution in [0.1, 0.15) is 48.3 Å². The summed E-state index contributed by atoms with van der Waals surface area (Å²) < 4.78 is 0. The third-order valence-electron chi connectivity index (χ3n) is 5.87. The van der Waals surface area contributed by atoms with Crippen LogP contribution < -0.4 is 10.2 Å². The molecule has 5 heteroatoms. The third-order valence-corrected chi connectivity index (χ3v) is 7.08. The Kier molecular flexibility index (Phi) is 6.96. The van der Waals surface area contributed by atoms with Crippen LogP contribution in [-0.2, 0) is 16.0 Å². The highest BCUT2D eigenvalue weighted by Gasteiger charge is 2.35. The van der Waals surface area contributed by atoms with Gasteiger partial charge in [0.2, 0.25) is 11.8 Å². The molecule has 0 radical (unpaired) electrons. The van der Waals surface area contributed by atoms with E-state index >= 15 is 0 Å². The third kappa shape index (κ3) is 4.58. The number of amides is 2. The number of para-hydroxylation sites is 1. The van der Waals surface area contributed by atoms with Crippen molar-refractivity contribution in [3.8, 4) is 0 Å². The van der Waals surface area contributed by atoms with Crippen LogP contribution in [0.25, 0.3) is 0 Å². The van der Waals surface area contributed by atoms with Crippen LogP contribution in [-0.4, -0.2) is 17.6 Å². The molecule has 0 aromatic heterocycles. The van der Waals surface area contributed by atoms with Crippen LogP contribution in [0, 0.1) is 0 Å². The molecule has 1 N–H and O–H groups in total. The monoisotopic (exact) mass is 444 g/mol. The summed E-state index contributed by atoms with van der Waals surface area (Å²) in [6.45, 7) is 4.13. The molecule has 3 aromatic carbocycles. The fourth-order valence-electron chi connectivity index (χ4n) is 4.23. The first-order valence-electron chi connectivity index (χ1n) is 11.1. The molecule has 1 fully saturated rings. The lowest BCUT2D eigenvalue weighted by Crippen LogP contribution is -2.28. The van der Waals surface area contributed by atoms with Gasteiger partial charge in [-0.1, -0.05) is 74.5 Å². The molecule has 0 saturated carbocycles. The number of carbonyl (C=O) groups is 2. The number of hydrogen-bond acceptors (Lipinski definition) is 3. The van der Waals surface area contributed by atoms with E-state index < -0.39 is 0 Å². The zero-order chi connectivity index (χ0) is 22.5. The predicted octanol–water partition coefficient (Wildman–Crippen LogP) is 6.16. The van der Waals surface area contributed by atoms with E-state index in [1.54, 1.807) is 11.8 Å². The van der Waals surface area contributed by atoms with Gasteiger partial charge in [-0.15, -0.1) is 11.8 Å². The molecule has 0 bridgehead atoms. The number of hydrogen-bond donors (Lipinski definition) is 1. The summed E-state index contributed by atoms with van der Waals surface area (Å²) in [6.07, 6.45) is 1.59. The average molecular weight is 445 g/mol. The summed E-state index contributed by atoms with van der Waals surface area (Å²) in [5.74, 6) is 0.352. The number of aryl methyl sites for hydroxylation is 1. The lowest BCUT2D eigenvalue weighted by molar-refractivity contribution is -0.118. The zero-order valence-electron chi connectivity index (χ0n) is 18.5. The second kappa shape index (κ2) is 10.0. The normalized spacial score (nSPS) is 16.8. The average Bonchev–Trinajstić information content (AvgIpc) is 3.21. The quantitative estimate of drug-likeness (QED) is 0.475. The fraction of sp³-hybridized carbons (Fsp3) is 0.259. The molecule has 4 nitrogen and oxygen atoms in total. The van der Waals surface area contributed by atoms with Crippen LogP contribution in [0.3, 0.4) is 0 Å². The van der Waals surface area contributed by atoms with Crippen molar-refractivity contribution < 1.29 is 9.59 Å². The van der Waals surface area contributed by atoms with Crippen molar-refractivity contribution in [3.63, 3.8) is 0 Å². The van der Waals surface area contributed by atoms with E-state index in [0.717, 1.165) is 40.9 Å². The van der Waals surface area contributed by atoms with Crippen LogP contribution in [0.2, 0.25) is 0 Å². The number of rotatable bonds is 7. The number of carbonyl (C=O) groups excluding carboxylic acids is 2. The van der Waals surface area contributed by atoms with Gasteiger partial charge < -0.3 is 5.32 Å². The number of anilines is 2. The predicted molar refractivity (Wildman–Crippen MR) is 133 cm³/mol. The first-order chi connectivity index (χ1) is 15.6. The first kappa shape index (κ1) is 22.2. The van der Waals surface area contributed by atoms with Crippen molar-refractivity contribution in [1.82, 2.24) is 0 Å². The van der Waals surface area contributed by atoms with Crippen molar-refractivity contribution in [2.45, 2.75) is 38.0 Å². The van der Waals surface area contributed by atoms with Gasteiger partial charge in [-0.25, -0.2) is 0 Å². The molecule has 1 aliphatic heterocycles. The SMILES string of the molecule is CCc1ccccc1N1C(=O)CSC1c1cccc(NC(=O)C(CC)c2ccccc2)c1. The lowest BCUT2D eigenvalue weighted by atomic mass is 9.95. The Bertz CT molecular complexity index is 1100. The fourth-order valence-corrected chi connectivity index (χ4v) is 5.39. The van der Waals surface area contributed by atoms with Crippen LogP contribution in [0.15, 0.2) is 78.9 Å². The summed E-state index contributed by atoms with van der Waals surface area (Å²) in [5.41, 5.74) is 4.91. The topological polar surface area (TPSA) is 49.4 Å². The van der Waals surface area contributed by atoms with Gasteiger partial charge >= 0.3 is 0 Å². The van der Waals surface area contributed by atoms with Crippen molar-refractivity contribution in [2.24, 2.45) is 0 Å². The molecular formula is C27H28N2O2S. The van der Waals surface area contributed by atoms with Crippen molar-refractivity contribution >= 4 is 35.0 Å². The number of nitrogens with one attached hydrogen (secondary N) is 1. The minimum Gasteiger partial charge on any atom is -0.326 e. The highest BCUT2D eigenvalue weighted by molar-refractivity contribution is 8.00. The van der Waals surface area contributed by atoms with Crippen molar-refractivity contribution in [1.29, 1.82) is 0 Å². The van der Waals surface area contributed by atoms with Crippen molar-refractivity contribution in [3.05, 3.63) is 95.6 Å². The van der Waals surface area contributed by atoms with Crippen molar-refractivity contribution in [2.75, 3.05) is 16.0 Å². The minimum absolute atomic E-state index is 0.0146. The molecule has 2 unspecified atom stereocenters. The van der Waals surface area contributed by atoms with Gasteiger partial charge in [0.1, 0.15) is 5.37 Å². The maximum absolute atomic E-state index is 13.0. The van der Waals surface area contributed by atoms with E-state index in [2.05, 4.69) is 18.3 Å². The highest BCUT2D eigenvalue weighted by atomic mass is 32.2. The minimum atomic E-state index is -0.199. The molecule has 2 amide bonds. The Morgan fingerprint density at radius 2 is 1.78 bits per heavy atom. The van der Waals surface area contributed by atoms with Gasteiger partial charge in [0.25, 0.3) is 0 Å². The molecule has 3 aromatic rings. The van der Waals surface area contributed by atoms with E-state index in [1.165, 1.54) is 0 Å². The highest BCUT2D eigenvalue weighted by Crippen LogP contribution is 2.43. The summed E-state index contributed by atoms with van der Waals surface area (Å²) in [5, 5.41) is 2.98. The zero-order valence-corrected chi connectivity index (χ0v) is 19.3. The summed E-state index contributed by atoms with van der Waals surface area (Å²) in [4.78, 5) is 27.7. The largest absolute Gasteiger partial charge is 0.326 e. The molecule has 0 aliphatic carbocycles. The smallest absolute Gasteiger partial charge is 0.238 e. The summed E-state index contributed by atoms with van der Waals surface area (Å²) >= 11 is 1.62. The maximum Gasteiger partial charge on any atom is 0.238 e. The molecule has 32 heavy (non-hydrogen) atoms. The van der Waals surface area contributed by atoms with Crippen LogP contribution in [0.5, 0.6) is 0 Å². The maximum atomic E-state index is 13.0. The number of thioether (sulfide) groups is 1. The van der Waals surface area contributed by atoms with Gasteiger partial charge in [-0.3, -0.25) is 14.5 Å². The molecule has 1 heterocycles. The Morgan fingerprint density at radius 1 is 1.03 bits per heavy atom. The van der Waals surface area contributed by atoms with E-state index in [4.69, 9.17) is 0 Å². The second-order valence-corrected chi connectivity index (χ2v) is 8.96. The van der Waals surface area contributed by atoms with Gasteiger partial charge in [0.05, 0.1) is 11.7 Å². The van der Waals surface area contributed by atoms with Gasteiger partial charge in [-0.2, -0.15) is 0 Å². The standard InChI is InChI=1S/C27H28N2O2S/c1-3-19-11-8-9-16-24(19)29-25(30)18-32-27(29)21-14-10-15-22(17-21)28-26(31)23(4-2)20-12-6-5-7-13-20/h5-17,23,27H,3-4,18H2,1-2H3,(H,28,31). The Balaban J connectivity index is 1.58. The van der Waals surface area contributed by atoms with Gasteiger partial charge in [0.15, 0.2) is 0 Å². The molecule has 2 atom stereocenters. The Hall–Kier alpha value is -3.05. The van der Waals surface area contributed by atoms with Gasteiger partial charge in [0, 0.05) is 11.4 Å². The van der Waals surface area contributed by atoms with E-state index in [9.17, 15) is 9.59 Å². The van der Waals surface area contributed by atoms with E-state index in [-0.39, 0.29) is 23.1 Å². The van der Waals surface area contributed by atoms with E-state index in [0.29, 0.717) is 5.75 Å². The molecule has 164 valence electrons. The van der Waals surface area contributed by atoms with Crippen LogP contribution in [0.4, 0.5) is 11.4 Å². The summed E-state index contributed by atoms with van der Waals surface area (Å²) in [6, 6.07) is 25.8. The summed E-state index contributed by atoms with van der Waals surface area (Å²) in [7, 11) is 0. The van der Waals surface area contributed by atoms with Crippen LogP contribution >= 0.6 is 11.8 Å². The number of benzene rings is 3. The van der Waals surface area contributed by atoms with E-state index in [1.807, 2.05) is 84.6 Å². The molecular weight excluding hydrogens is 416 g/mol. The Morgan fingerprint density at radius 3 is 2.53 bits per heavy atom. The van der Waals surface area contributed by atoms with Gasteiger partial charge in [-0.05, 0) is 47.7 Å². The first-order valence-corrected chi connectivity index (χ1v) is 12.1. The number of nitrogens with zero attached hydrogens (tertiary/aromatic N) is 1. The molecule has 4 rings (SSSR count). The Labute approximate surface area is 194 Å². The second-order valence-electron chi connectivity index (χ2n) is 7.90. The lowest BCUT2D eigenvalue weighted by Gasteiger charge is -2.27. The molecule has 1 aliphatic rings. The molecule has 0 spiro atoms. The molecule has 1 saturated heterocycles.